The van der Waals surface area contributed by atoms with Crippen LogP contribution in [0.5, 0.6) is 0 Å². The van der Waals surface area contributed by atoms with Gasteiger partial charge in [0.2, 0.25) is 15.9 Å². The van der Waals surface area contributed by atoms with Gasteiger partial charge >= 0.3 is 0 Å². The zero-order valence-electron chi connectivity index (χ0n) is 14.9. The molecule has 0 bridgehead atoms. The fourth-order valence-corrected chi connectivity index (χ4v) is 4.29. The summed E-state index contributed by atoms with van der Waals surface area (Å²) in [7, 11) is -3.66. The monoisotopic (exact) mass is 377 g/mol. The predicted molar refractivity (Wildman–Crippen MR) is 95.9 cm³/mol. The van der Waals surface area contributed by atoms with E-state index in [-0.39, 0.29) is 17.0 Å². The van der Waals surface area contributed by atoms with Gasteiger partial charge in [0.25, 0.3) is 0 Å². The topological polar surface area (TPSA) is 106 Å². The quantitative estimate of drug-likeness (QED) is 0.830. The van der Waals surface area contributed by atoms with E-state index in [0.29, 0.717) is 30.5 Å². The largest absolute Gasteiger partial charge is 0.445 e. The molecular formula is C18H23N3O4S. The molecule has 1 aromatic heterocycles. The van der Waals surface area contributed by atoms with E-state index in [2.05, 4.69) is 18.8 Å². The maximum Gasteiger partial charge on any atom is 0.248 e. The van der Waals surface area contributed by atoms with E-state index in [1.807, 2.05) is 0 Å². The molecule has 0 spiro atoms. The molecule has 0 saturated carbocycles. The fourth-order valence-electron chi connectivity index (χ4n) is 2.89. The highest BCUT2D eigenvalue weighted by Gasteiger charge is 2.31. The van der Waals surface area contributed by atoms with Gasteiger partial charge in [-0.3, -0.25) is 4.79 Å². The number of oxazole rings is 1. The van der Waals surface area contributed by atoms with Crippen molar-refractivity contribution in [3.8, 4) is 0 Å². The van der Waals surface area contributed by atoms with Crippen LogP contribution in [-0.4, -0.2) is 30.2 Å². The van der Waals surface area contributed by atoms with Crippen LogP contribution in [0.3, 0.4) is 0 Å². The van der Waals surface area contributed by atoms with Crippen LogP contribution < -0.4 is 5.73 Å². The van der Waals surface area contributed by atoms with Gasteiger partial charge < -0.3 is 10.2 Å². The molecule has 0 saturated heterocycles. The number of hydrogen-bond acceptors (Lipinski definition) is 5. The highest BCUT2D eigenvalue weighted by molar-refractivity contribution is 7.89. The van der Waals surface area contributed by atoms with E-state index in [4.69, 9.17) is 10.2 Å². The third-order valence-corrected chi connectivity index (χ3v) is 6.31. The molecule has 0 fully saturated rings. The van der Waals surface area contributed by atoms with Crippen molar-refractivity contribution in [3.63, 3.8) is 0 Å². The lowest BCUT2D eigenvalue weighted by Gasteiger charge is -2.24. The van der Waals surface area contributed by atoms with Gasteiger partial charge in [0.1, 0.15) is 5.76 Å². The normalized spacial score (nSPS) is 15.2. The van der Waals surface area contributed by atoms with Crippen molar-refractivity contribution in [2.75, 3.05) is 6.54 Å². The first-order valence-corrected chi connectivity index (χ1v) is 10.1. The van der Waals surface area contributed by atoms with Crippen LogP contribution in [0, 0.1) is 5.92 Å². The molecule has 0 atom stereocenters. The van der Waals surface area contributed by atoms with Crippen LogP contribution in [0.25, 0.3) is 0 Å². The van der Waals surface area contributed by atoms with Crippen LogP contribution in [-0.2, 0) is 29.4 Å². The number of fused-ring (bicyclic) bond motifs is 1. The predicted octanol–water partition coefficient (Wildman–Crippen LogP) is 2.11. The Balaban J connectivity index is 1.77. The summed E-state index contributed by atoms with van der Waals surface area (Å²) in [4.78, 5) is 15.8. The Hall–Kier alpha value is -2.19. The van der Waals surface area contributed by atoms with Crippen molar-refractivity contribution in [1.29, 1.82) is 0 Å². The third kappa shape index (κ3) is 3.81. The van der Waals surface area contributed by atoms with Crippen molar-refractivity contribution in [2.45, 2.75) is 44.6 Å². The number of benzene rings is 1. The molecule has 2 N–H and O–H groups in total. The van der Waals surface area contributed by atoms with E-state index in [1.54, 1.807) is 0 Å². The second-order valence-corrected chi connectivity index (χ2v) is 8.83. The minimum absolute atomic E-state index is 0.134. The molecule has 3 rings (SSSR count). The number of aromatic nitrogens is 1. The van der Waals surface area contributed by atoms with Gasteiger partial charge in [0.15, 0.2) is 5.89 Å². The lowest BCUT2D eigenvalue weighted by atomic mass is 10.1. The van der Waals surface area contributed by atoms with Gasteiger partial charge in [-0.05, 0) is 36.6 Å². The second kappa shape index (κ2) is 7.20. The fraction of sp³-hybridized carbons (Fsp3) is 0.444. The first-order valence-electron chi connectivity index (χ1n) is 8.65. The Bertz CT molecular complexity index is 901. The maximum atomic E-state index is 12.9. The smallest absolute Gasteiger partial charge is 0.248 e. The molecule has 7 nitrogen and oxygen atoms in total. The summed E-state index contributed by atoms with van der Waals surface area (Å²) in [5.74, 6) is 1.42. The van der Waals surface area contributed by atoms with Gasteiger partial charge in [0, 0.05) is 24.9 Å². The molecule has 8 heteroatoms. The van der Waals surface area contributed by atoms with Gasteiger partial charge in [-0.25, -0.2) is 13.4 Å². The maximum absolute atomic E-state index is 12.9. The van der Waals surface area contributed by atoms with E-state index in [9.17, 15) is 13.2 Å². The van der Waals surface area contributed by atoms with Crippen LogP contribution in [0.2, 0.25) is 0 Å². The number of rotatable bonds is 6. The van der Waals surface area contributed by atoms with Crippen LogP contribution >= 0.6 is 0 Å². The first-order chi connectivity index (χ1) is 12.3. The zero-order valence-corrected chi connectivity index (χ0v) is 15.8. The number of sulfonamides is 1. The molecule has 26 heavy (non-hydrogen) atoms. The average molecular weight is 377 g/mol. The number of hydrogen-bond donors (Lipinski definition) is 1. The summed E-state index contributed by atoms with van der Waals surface area (Å²) in [5.41, 5.74) is 6.16. The number of carbonyl (C=O) groups is 1. The second-order valence-electron chi connectivity index (χ2n) is 6.89. The van der Waals surface area contributed by atoms with Gasteiger partial charge in [-0.15, -0.1) is 0 Å². The van der Waals surface area contributed by atoms with E-state index in [1.165, 1.54) is 28.6 Å². The minimum atomic E-state index is -3.66. The van der Waals surface area contributed by atoms with Crippen LogP contribution in [0.4, 0.5) is 0 Å². The van der Waals surface area contributed by atoms with Crippen molar-refractivity contribution in [3.05, 3.63) is 47.2 Å². The standard InChI is InChI=1S/C18H23N3O4S/c1-12(2)3-8-17-20-15-11-21(10-9-16(15)25-17)26(23,24)14-6-4-13(5-7-14)18(19)22/h4-7,12H,3,8-11H2,1-2H3,(H2,19,22). The van der Waals surface area contributed by atoms with Gasteiger partial charge in [-0.2, -0.15) is 4.31 Å². The lowest BCUT2D eigenvalue weighted by molar-refractivity contribution is 0.1000. The van der Waals surface area contributed by atoms with Crippen LogP contribution in [0.15, 0.2) is 33.6 Å². The molecule has 140 valence electrons. The Labute approximate surface area is 153 Å². The highest BCUT2D eigenvalue weighted by atomic mass is 32.2. The number of nitrogens with two attached hydrogens (primary N) is 1. The number of nitrogens with zero attached hydrogens (tertiary/aromatic N) is 2. The third-order valence-electron chi connectivity index (χ3n) is 4.45. The molecule has 2 aromatic rings. The Morgan fingerprint density at radius 1 is 1.31 bits per heavy atom. The van der Waals surface area contributed by atoms with Crippen molar-refractivity contribution in [1.82, 2.24) is 9.29 Å². The number of amides is 1. The summed E-state index contributed by atoms with van der Waals surface area (Å²) >= 11 is 0. The minimum Gasteiger partial charge on any atom is -0.445 e. The first kappa shape index (κ1) is 18.6. The van der Waals surface area contributed by atoms with E-state index >= 15 is 0 Å². The Morgan fingerprint density at radius 2 is 2.00 bits per heavy atom. The summed E-state index contributed by atoms with van der Waals surface area (Å²) in [5, 5.41) is 0. The molecular weight excluding hydrogens is 354 g/mol. The highest BCUT2D eigenvalue weighted by Crippen LogP contribution is 2.26. The molecule has 1 aromatic carbocycles. The molecule has 0 radical (unpaired) electrons. The molecule has 0 aliphatic carbocycles. The lowest BCUT2D eigenvalue weighted by Crippen LogP contribution is -2.35. The molecule has 1 amide bonds. The SMILES string of the molecule is CC(C)CCc1nc2c(o1)CCN(S(=O)(=O)c1ccc(C(N)=O)cc1)C2. The van der Waals surface area contributed by atoms with Gasteiger partial charge in [0.05, 0.1) is 17.1 Å². The molecule has 2 heterocycles. The molecule has 1 aliphatic rings. The van der Waals surface area contributed by atoms with Crippen molar-refractivity contribution in [2.24, 2.45) is 11.7 Å². The number of carbonyl (C=O) groups excluding carboxylic acids is 1. The summed E-state index contributed by atoms with van der Waals surface area (Å²) in [6, 6.07) is 5.65. The van der Waals surface area contributed by atoms with E-state index in [0.717, 1.165) is 18.6 Å². The Kier molecular flexibility index (Phi) is 5.15. The number of aryl methyl sites for hydroxylation is 1. The average Bonchev–Trinajstić information content (AvgIpc) is 3.02. The van der Waals surface area contributed by atoms with Crippen molar-refractivity contribution >= 4 is 15.9 Å². The summed E-state index contributed by atoms with van der Waals surface area (Å²) in [6.45, 7) is 4.81. The number of primary amides is 1. The summed E-state index contributed by atoms with van der Waals surface area (Å²) < 4.78 is 32.9. The van der Waals surface area contributed by atoms with Crippen LogP contribution in [0.1, 0.15) is 48.0 Å². The van der Waals surface area contributed by atoms with E-state index < -0.39 is 15.9 Å². The Morgan fingerprint density at radius 3 is 2.62 bits per heavy atom. The van der Waals surface area contributed by atoms with Gasteiger partial charge in [-0.1, -0.05) is 13.8 Å². The molecule has 0 unspecified atom stereocenters. The summed E-state index contributed by atoms with van der Waals surface area (Å²) in [6.07, 6.45) is 2.24. The zero-order chi connectivity index (χ0) is 18.9. The molecule has 1 aliphatic heterocycles. The van der Waals surface area contributed by atoms with Crippen molar-refractivity contribution < 1.29 is 17.6 Å².